The molecule has 38 heavy (non-hydrogen) atoms. The summed E-state index contributed by atoms with van der Waals surface area (Å²) in [5.41, 5.74) is 3.44. The molecule has 11 heteroatoms. The number of anilines is 3. The highest BCUT2D eigenvalue weighted by molar-refractivity contribution is 14.1. The van der Waals surface area contributed by atoms with Gasteiger partial charge in [0.15, 0.2) is 11.5 Å². The number of aromatic nitrogens is 5. The van der Waals surface area contributed by atoms with E-state index in [-0.39, 0.29) is 12.1 Å². The lowest BCUT2D eigenvalue weighted by Gasteiger charge is -2.34. The number of piperazine rings is 1. The first kappa shape index (κ1) is 25.0. The summed E-state index contributed by atoms with van der Waals surface area (Å²) in [6, 6.07) is 11.9. The van der Waals surface area contributed by atoms with Crippen molar-refractivity contribution in [2.75, 3.05) is 43.4 Å². The van der Waals surface area contributed by atoms with Crippen LogP contribution in [0.1, 0.15) is 17.7 Å². The predicted octanol–water partition coefficient (Wildman–Crippen LogP) is 4.16. The van der Waals surface area contributed by atoms with Gasteiger partial charge in [-0.3, -0.25) is 4.79 Å². The molecule has 2 aliphatic rings. The van der Waals surface area contributed by atoms with Crippen molar-refractivity contribution in [1.82, 2.24) is 29.2 Å². The van der Waals surface area contributed by atoms with Gasteiger partial charge >= 0.3 is 0 Å². The number of hydrogen-bond acceptors (Lipinski definition) is 7. The first-order chi connectivity index (χ1) is 18.3. The highest BCUT2D eigenvalue weighted by atomic mass is 127. The van der Waals surface area contributed by atoms with E-state index in [4.69, 9.17) is 4.98 Å². The number of benzene rings is 1. The van der Waals surface area contributed by atoms with Crippen molar-refractivity contribution in [3.05, 3.63) is 76.9 Å². The number of halogens is 2. The van der Waals surface area contributed by atoms with Crippen LogP contribution in [0.4, 0.5) is 21.7 Å². The van der Waals surface area contributed by atoms with Gasteiger partial charge in [0.1, 0.15) is 5.39 Å². The van der Waals surface area contributed by atoms with Gasteiger partial charge in [-0.25, -0.2) is 23.7 Å². The first-order valence-electron chi connectivity index (χ1n) is 12.6. The minimum absolute atomic E-state index is 0.246. The van der Waals surface area contributed by atoms with Gasteiger partial charge in [-0.15, -0.1) is 6.58 Å². The number of nitrogens with one attached hydrogen (secondary N) is 1. The Labute approximate surface area is 233 Å². The standard InChI is InChI=1S/C27H28FIN8O/c1-3-12-36-25(38)21-17-30-26(31-19-5-7-20(8-6-19)35-15-13-34(2)14-16-35)33-24(21)37(36)22-9-4-18-10-11-27(28,29)23(18)32-22/h3-9,17H,1,10-16H2,2H3,(H,30,31,33). The van der Waals surface area contributed by atoms with E-state index in [0.29, 0.717) is 41.3 Å². The molecular weight excluding hydrogens is 598 g/mol. The van der Waals surface area contributed by atoms with E-state index in [1.807, 2.05) is 46.9 Å². The fourth-order valence-corrected chi connectivity index (χ4v) is 5.82. The van der Waals surface area contributed by atoms with Crippen molar-refractivity contribution >= 4 is 50.9 Å². The summed E-state index contributed by atoms with van der Waals surface area (Å²) in [5.74, 6) is 0.781. The predicted molar refractivity (Wildman–Crippen MR) is 156 cm³/mol. The van der Waals surface area contributed by atoms with Crippen molar-refractivity contribution in [3.63, 3.8) is 0 Å². The molecule has 9 nitrogen and oxygen atoms in total. The van der Waals surface area contributed by atoms with Gasteiger partial charge in [0.25, 0.3) is 5.56 Å². The van der Waals surface area contributed by atoms with Crippen LogP contribution < -0.4 is 15.8 Å². The number of rotatable bonds is 6. The SMILES string of the molecule is C=CCn1c(=O)c2cnc(Nc3ccc(N4CCN(C)CC4)cc3)nc2n1-c1ccc2c(n1)C(F)(I)CC2. The second kappa shape index (κ2) is 9.77. The molecule has 1 aliphatic carbocycles. The van der Waals surface area contributed by atoms with E-state index in [0.717, 1.165) is 37.4 Å². The van der Waals surface area contributed by atoms with Gasteiger partial charge in [-0.2, -0.15) is 4.98 Å². The Hall–Kier alpha value is -3.32. The molecule has 1 saturated heterocycles. The fraction of sp³-hybridized carbons (Fsp3) is 0.333. The summed E-state index contributed by atoms with van der Waals surface area (Å²) < 4.78 is 16.7. The molecule has 1 N–H and O–H groups in total. The van der Waals surface area contributed by atoms with E-state index in [9.17, 15) is 4.79 Å². The zero-order valence-corrected chi connectivity index (χ0v) is 23.2. The summed E-state index contributed by atoms with van der Waals surface area (Å²) in [5, 5.41) is 3.60. The molecule has 1 atom stereocenters. The quantitative estimate of drug-likeness (QED) is 0.196. The molecular formula is C27H28FIN8O. The van der Waals surface area contributed by atoms with Crippen molar-refractivity contribution in [3.8, 4) is 5.82 Å². The van der Waals surface area contributed by atoms with Crippen molar-refractivity contribution in [2.45, 2.75) is 23.1 Å². The minimum atomic E-state index is -1.53. The number of nitrogens with zero attached hydrogens (tertiary/aromatic N) is 7. The molecule has 1 fully saturated rings. The molecule has 196 valence electrons. The van der Waals surface area contributed by atoms with Crippen LogP contribution in [0.5, 0.6) is 0 Å². The molecule has 6 rings (SSSR count). The van der Waals surface area contributed by atoms with Gasteiger partial charge in [0.05, 0.1) is 12.2 Å². The number of aryl methyl sites for hydroxylation is 1. The fourth-order valence-electron chi connectivity index (χ4n) is 5.08. The summed E-state index contributed by atoms with van der Waals surface area (Å²) in [4.78, 5) is 31.7. The van der Waals surface area contributed by atoms with E-state index in [1.165, 1.54) is 16.6 Å². The molecule has 1 unspecified atom stereocenters. The topological polar surface area (TPSA) is 84.1 Å². The molecule has 0 radical (unpaired) electrons. The zero-order chi connectivity index (χ0) is 26.4. The van der Waals surface area contributed by atoms with Crippen LogP contribution in [0.3, 0.4) is 0 Å². The number of allylic oxidation sites excluding steroid dienone is 1. The number of pyridine rings is 1. The summed E-state index contributed by atoms with van der Waals surface area (Å²) in [7, 11) is 2.14. The average Bonchev–Trinajstić information content (AvgIpc) is 3.37. The van der Waals surface area contributed by atoms with Crippen LogP contribution in [0.15, 0.2) is 60.0 Å². The normalized spacial score (nSPS) is 19.6. The smallest absolute Gasteiger partial charge is 0.278 e. The largest absolute Gasteiger partial charge is 0.369 e. The van der Waals surface area contributed by atoms with Crippen LogP contribution in [0.25, 0.3) is 16.9 Å². The number of alkyl halides is 2. The molecule has 4 aromatic rings. The van der Waals surface area contributed by atoms with E-state index < -0.39 is 3.68 Å². The van der Waals surface area contributed by atoms with Gasteiger partial charge in [-0.1, -0.05) is 12.1 Å². The van der Waals surface area contributed by atoms with Gasteiger partial charge in [-0.05, 0) is 72.0 Å². The van der Waals surface area contributed by atoms with Gasteiger partial charge in [0, 0.05) is 50.2 Å². The van der Waals surface area contributed by atoms with Crippen LogP contribution in [-0.2, 0) is 16.6 Å². The molecule has 4 heterocycles. The molecule has 1 aromatic carbocycles. The van der Waals surface area contributed by atoms with Crippen LogP contribution in [0.2, 0.25) is 0 Å². The number of fused-ring (bicyclic) bond motifs is 2. The molecule has 3 aromatic heterocycles. The molecule has 1 aliphatic heterocycles. The van der Waals surface area contributed by atoms with Crippen molar-refractivity contribution in [1.29, 1.82) is 0 Å². The molecule has 0 amide bonds. The third kappa shape index (κ3) is 4.47. The van der Waals surface area contributed by atoms with Crippen LogP contribution >= 0.6 is 22.6 Å². The zero-order valence-electron chi connectivity index (χ0n) is 21.1. The maximum Gasteiger partial charge on any atom is 0.278 e. The lowest BCUT2D eigenvalue weighted by atomic mass is 10.2. The first-order valence-corrected chi connectivity index (χ1v) is 13.7. The van der Waals surface area contributed by atoms with Gasteiger partial charge in [0.2, 0.25) is 9.62 Å². The maximum atomic E-state index is 15.1. The Morgan fingerprint density at radius 2 is 1.89 bits per heavy atom. The van der Waals surface area contributed by atoms with Crippen molar-refractivity contribution in [2.24, 2.45) is 0 Å². The second-order valence-corrected chi connectivity index (χ2v) is 11.5. The second-order valence-electron chi connectivity index (χ2n) is 9.76. The van der Waals surface area contributed by atoms with E-state index >= 15 is 4.39 Å². The van der Waals surface area contributed by atoms with E-state index in [2.05, 4.69) is 50.8 Å². The summed E-state index contributed by atoms with van der Waals surface area (Å²) in [6.07, 6.45) is 4.18. The third-order valence-electron chi connectivity index (χ3n) is 7.21. The Morgan fingerprint density at radius 3 is 2.63 bits per heavy atom. The van der Waals surface area contributed by atoms with Crippen LogP contribution in [-0.4, -0.2) is 62.4 Å². The third-order valence-corrected chi connectivity index (χ3v) is 8.26. The lowest BCUT2D eigenvalue weighted by Crippen LogP contribution is -2.44. The summed E-state index contributed by atoms with van der Waals surface area (Å²) >= 11 is 1.81. The maximum absolute atomic E-state index is 15.1. The highest BCUT2D eigenvalue weighted by Crippen LogP contribution is 2.44. The Balaban J connectivity index is 1.36. The Morgan fingerprint density at radius 1 is 1.13 bits per heavy atom. The Kier molecular flexibility index (Phi) is 6.42. The highest BCUT2D eigenvalue weighted by Gasteiger charge is 2.38. The molecule has 0 saturated carbocycles. The monoisotopic (exact) mass is 626 g/mol. The minimum Gasteiger partial charge on any atom is -0.369 e. The van der Waals surface area contributed by atoms with Gasteiger partial charge < -0.3 is 15.1 Å². The number of likely N-dealkylation sites (N-methyl/N-ethyl adjacent to an activating group) is 1. The van der Waals surface area contributed by atoms with Crippen molar-refractivity contribution < 1.29 is 4.39 Å². The summed E-state index contributed by atoms with van der Waals surface area (Å²) in [6.45, 7) is 8.13. The van der Waals surface area contributed by atoms with Crippen LogP contribution in [0, 0.1) is 0 Å². The Bertz CT molecular complexity index is 1570. The molecule has 0 bridgehead atoms. The number of hydrogen-bond donors (Lipinski definition) is 1. The van der Waals surface area contributed by atoms with E-state index in [1.54, 1.807) is 10.8 Å². The molecule has 0 spiro atoms. The average molecular weight is 626 g/mol. The lowest BCUT2D eigenvalue weighted by molar-refractivity contribution is 0.312.